The van der Waals surface area contributed by atoms with Crippen molar-refractivity contribution in [2.24, 2.45) is 11.8 Å². The minimum Gasteiger partial charge on any atom is -0.497 e. The van der Waals surface area contributed by atoms with Crippen molar-refractivity contribution < 1.29 is 4.74 Å². The molecule has 0 spiro atoms. The van der Waals surface area contributed by atoms with Crippen LogP contribution < -0.4 is 9.64 Å². The molecule has 1 aromatic carbocycles. The summed E-state index contributed by atoms with van der Waals surface area (Å²) in [6.07, 6.45) is 6.93. The van der Waals surface area contributed by atoms with E-state index >= 15 is 0 Å². The van der Waals surface area contributed by atoms with Crippen molar-refractivity contribution in [3.05, 3.63) is 53.7 Å². The lowest BCUT2D eigenvalue weighted by atomic mass is 9.74. The fourth-order valence-corrected chi connectivity index (χ4v) is 5.84. The molecule has 3 aliphatic heterocycles. The summed E-state index contributed by atoms with van der Waals surface area (Å²) in [7, 11) is 1.73. The van der Waals surface area contributed by atoms with Crippen molar-refractivity contribution in [2.45, 2.75) is 37.8 Å². The number of piperidine rings is 3. The maximum atomic E-state index is 9.24. The Morgan fingerprint density at radius 1 is 1.10 bits per heavy atom. The number of rotatable bonds is 3. The van der Waals surface area contributed by atoms with E-state index in [2.05, 4.69) is 45.1 Å². The van der Waals surface area contributed by atoms with E-state index in [1.54, 1.807) is 19.4 Å². The Balaban J connectivity index is 1.37. The number of benzene rings is 1. The molecule has 3 saturated heterocycles. The summed E-state index contributed by atoms with van der Waals surface area (Å²) in [6, 6.07) is 15.8. The van der Waals surface area contributed by atoms with Crippen molar-refractivity contribution in [2.75, 3.05) is 31.6 Å². The normalized spacial score (nSPS) is 29.0. The minimum absolute atomic E-state index is 0.525. The van der Waals surface area contributed by atoms with E-state index < -0.39 is 0 Å². The number of hydrogen-bond acceptors (Lipinski definition) is 5. The summed E-state index contributed by atoms with van der Waals surface area (Å²) in [5, 5.41) is 9.24. The molecule has 0 aliphatic carbocycles. The topological polar surface area (TPSA) is 52.4 Å². The lowest BCUT2D eigenvalue weighted by Gasteiger charge is -2.55. The van der Waals surface area contributed by atoms with Gasteiger partial charge in [0.05, 0.1) is 18.7 Å². The number of ether oxygens (including phenoxy) is 1. The first-order valence-electron chi connectivity index (χ1n) is 10.8. The number of hydrogen-bond donors (Lipinski definition) is 0. The third-order valence-electron chi connectivity index (χ3n) is 7.09. The van der Waals surface area contributed by atoms with Crippen LogP contribution in [-0.2, 0) is 0 Å². The van der Waals surface area contributed by atoms with Crippen LogP contribution in [0.1, 0.15) is 42.9 Å². The molecule has 0 radical (unpaired) electrons. The Morgan fingerprint density at radius 2 is 1.97 bits per heavy atom. The Kier molecular flexibility index (Phi) is 4.89. The van der Waals surface area contributed by atoms with E-state index in [4.69, 9.17) is 4.74 Å². The average molecular weight is 389 g/mol. The number of pyridine rings is 1. The van der Waals surface area contributed by atoms with Gasteiger partial charge >= 0.3 is 0 Å². The maximum Gasteiger partial charge on any atom is 0.129 e. The van der Waals surface area contributed by atoms with Crippen LogP contribution in [0.15, 0.2) is 42.6 Å². The quantitative estimate of drug-likeness (QED) is 0.795. The molecule has 5 heteroatoms. The second-order valence-electron chi connectivity index (χ2n) is 8.77. The molecular formula is C24H28N4O. The molecule has 5 rings (SSSR count). The zero-order valence-corrected chi connectivity index (χ0v) is 17.0. The van der Waals surface area contributed by atoms with Crippen LogP contribution in [0.4, 0.5) is 5.82 Å². The highest BCUT2D eigenvalue weighted by Gasteiger charge is 2.45. The van der Waals surface area contributed by atoms with E-state index in [1.807, 2.05) is 6.07 Å². The van der Waals surface area contributed by atoms with Gasteiger partial charge in [-0.25, -0.2) is 4.98 Å². The highest BCUT2D eigenvalue weighted by molar-refractivity contribution is 5.45. The third-order valence-corrected chi connectivity index (χ3v) is 7.09. The highest BCUT2D eigenvalue weighted by Crippen LogP contribution is 2.45. The summed E-state index contributed by atoms with van der Waals surface area (Å²) in [4.78, 5) is 9.80. The molecule has 4 atom stereocenters. The van der Waals surface area contributed by atoms with Crippen molar-refractivity contribution in [3.8, 4) is 11.8 Å². The predicted molar refractivity (Wildman–Crippen MR) is 113 cm³/mol. The molecule has 1 aromatic heterocycles. The third kappa shape index (κ3) is 3.47. The van der Waals surface area contributed by atoms with Gasteiger partial charge in [-0.3, -0.25) is 4.90 Å². The van der Waals surface area contributed by atoms with E-state index in [0.717, 1.165) is 31.2 Å². The largest absolute Gasteiger partial charge is 0.497 e. The van der Waals surface area contributed by atoms with Crippen molar-refractivity contribution in [1.29, 1.82) is 5.26 Å². The van der Waals surface area contributed by atoms with Crippen LogP contribution >= 0.6 is 0 Å². The fraction of sp³-hybridized carbons (Fsp3) is 0.500. The molecule has 29 heavy (non-hydrogen) atoms. The summed E-state index contributed by atoms with van der Waals surface area (Å²) >= 11 is 0. The second-order valence-corrected chi connectivity index (χ2v) is 8.77. The molecule has 3 aliphatic rings. The molecule has 0 saturated carbocycles. The van der Waals surface area contributed by atoms with Gasteiger partial charge < -0.3 is 9.64 Å². The van der Waals surface area contributed by atoms with Gasteiger partial charge in [-0.05, 0) is 67.3 Å². The maximum absolute atomic E-state index is 9.24. The summed E-state index contributed by atoms with van der Waals surface area (Å²) < 4.78 is 5.35. The van der Waals surface area contributed by atoms with Crippen LogP contribution in [0.3, 0.4) is 0 Å². The van der Waals surface area contributed by atoms with E-state index in [0.29, 0.717) is 29.5 Å². The second kappa shape index (κ2) is 7.68. The number of anilines is 1. The molecule has 4 heterocycles. The monoisotopic (exact) mass is 388 g/mol. The zero-order valence-electron chi connectivity index (χ0n) is 17.0. The zero-order chi connectivity index (χ0) is 19.8. The van der Waals surface area contributed by atoms with Gasteiger partial charge in [-0.1, -0.05) is 12.1 Å². The summed E-state index contributed by atoms with van der Waals surface area (Å²) in [5.41, 5.74) is 2.13. The molecule has 2 aromatic rings. The first-order chi connectivity index (χ1) is 14.2. The number of nitrogens with zero attached hydrogens (tertiary/aromatic N) is 4. The SMILES string of the molecule is COc1ccc([C@H]2CCC[C@H]3[C@@H]4C[C@@H](CN(c5cc(C#N)ccn5)C4)CN23)cc1. The van der Waals surface area contributed by atoms with Gasteiger partial charge in [0.25, 0.3) is 0 Å². The Bertz CT molecular complexity index is 906. The van der Waals surface area contributed by atoms with Gasteiger partial charge in [-0.2, -0.15) is 5.26 Å². The summed E-state index contributed by atoms with van der Waals surface area (Å²) in [6.45, 7) is 3.25. The van der Waals surface area contributed by atoms with Crippen LogP contribution in [0.25, 0.3) is 0 Å². The standard InChI is InChI=1S/C24H28N4O/c1-29-21-7-5-19(6-8-21)22-3-2-4-23-20-11-18(15-28(22)23)14-27(16-20)24-12-17(13-25)9-10-26-24/h5-10,12,18,20,22-23H,2-4,11,14-16H2,1H3/t18-,20+,22+,23-/m0/s1. The highest BCUT2D eigenvalue weighted by atomic mass is 16.5. The molecular weight excluding hydrogens is 360 g/mol. The lowest BCUT2D eigenvalue weighted by molar-refractivity contribution is -0.0201. The van der Waals surface area contributed by atoms with E-state index in [9.17, 15) is 5.26 Å². The average Bonchev–Trinajstić information content (AvgIpc) is 2.79. The minimum atomic E-state index is 0.525. The molecule has 5 nitrogen and oxygen atoms in total. The van der Waals surface area contributed by atoms with Crippen molar-refractivity contribution in [1.82, 2.24) is 9.88 Å². The lowest BCUT2D eigenvalue weighted by Crippen LogP contribution is -2.59. The van der Waals surface area contributed by atoms with Crippen molar-refractivity contribution in [3.63, 3.8) is 0 Å². The van der Waals surface area contributed by atoms with E-state index in [-0.39, 0.29) is 0 Å². The number of fused-ring (bicyclic) bond motifs is 4. The Hall–Kier alpha value is -2.58. The van der Waals surface area contributed by atoms with Crippen LogP contribution in [0, 0.1) is 23.2 Å². The predicted octanol–water partition coefficient (Wildman–Crippen LogP) is 4.01. The molecule has 0 amide bonds. The number of aromatic nitrogens is 1. The van der Waals surface area contributed by atoms with Gasteiger partial charge in [0.15, 0.2) is 0 Å². The molecule has 0 N–H and O–H groups in total. The first-order valence-corrected chi connectivity index (χ1v) is 10.8. The Morgan fingerprint density at radius 3 is 2.76 bits per heavy atom. The van der Waals surface area contributed by atoms with Crippen LogP contribution in [0.2, 0.25) is 0 Å². The van der Waals surface area contributed by atoms with Gasteiger partial charge in [0, 0.05) is 37.9 Å². The van der Waals surface area contributed by atoms with Gasteiger partial charge in [-0.15, -0.1) is 0 Å². The molecule has 0 unspecified atom stereocenters. The number of nitriles is 1. The van der Waals surface area contributed by atoms with Gasteiger partial charge in [0.2, 0.25) is 0 Å². The Labute approximate surface area is 172 Å². The number of methoxy groups -OCH3 is 1. The van der Waals surface area contributed by atoms with E-state index in [1.165, 1.54) is 31.2 Å². The molecule has 3 fully saturated rings. The first kappa shape index (κ1) is 18.4. The smallest absolute Gasteiger partial charge is 0.129 e. The van der Waals surface area contributed by atoms with Crippen LogP contribution in [0.5, 0.6) is 5.75 Å². The van der Waals surface area contributed by atoms with Crippen LogP contribution in [-0.4, -0.2) is 42.7 Å². The van der Waals surface area contributed by atoms with Gasteiger partial charge in [0.1, 0.15) is 11.6 Å². The molecule has 150 valence electrons. The van der Waals surface area contributed by atoms with Crippen molar-refractivity contribution >= 4 is 5.82 Å². The summed E-state index contributed by atoms with van der Waals surface area (Å²) in [5.74, 6) is 3.24. The molecule has 2 bridgehead atoms. The fourth-order valence-electron chi connectivity index (χ4n) is 5.84.